The Hall–Kier alpha value is -3.97. The third-order valence-corrected chi connectivity index (χ3v) is 8.42. The van der Waals surface area contributed by atoms with Gasteiger partial charge >= 0.3 is 5.97 Å². The predicted molar refractivity (Wildman–Crippen MR) is 160 cm³/mol. The highest BCUT2D eigenvalue weighted by Crippen LogP contribution is 2.42. The summed E-state index contributed by atoms with van der Waals surface area (Å²) in [4.78, 5) is 18.9. The van der Waals surface area contributed by atoms with E-state index in [1.165, 1.54) is 0 Å². The van der Waals surface area contributed by atoms with Crippen molar-refractivity contribution in [2.24, 2.45) is 0 Å². The Morgan fingerprint density at radius 1 is 0.951 bits per heavy atom. The lowest BCUT2D eigenvalue weighted by Gasteiger charge is -2.38. The highest BCUT2D eigenvalue weighted by atomic mass is 35.5. The van der Waals surface area contributed by atoms with E-state index in [-0.39, 0.29) is 5.56 Å². The predicted octanol–water partition coefficient (Wildman–Crippen LogP) is 7.21. The number of pyridine rings is 1. The van der Waals surface area contributed by atoms with Gasteiger partial charge in [0, 0.05) is 48.4 Å². The van der Waals surface area contributed by atoms with Crippen LogP contribution in [0.25, 0.3) is 16.7 Å². The first-order chi connectivity index (χ1) is 19.9. The summed E-state index contributed by atoms with van der Waals surface area (Å²) in [7, 11) is 0. The largest absolute Gasteiger partial charge is 0.478 e. The fourth-order valence-electron chi connectivity index (χ4n) is 5.91. The molecule has 0 saturated carbocycles. The summed E-state index contributed by atoms with van der Waals surface area (Å²) in [6.45, 7) is 2.48. The van der Waals surface area contributed by atoms with Crippen molar-refractivity contribution in [2.45, 2.75) is 31.3 Å². The molecule has 0 amide bonds. The second-order valence-corrected chi connectivity index (χ2v) is 11.1. The molecule has 1 fully saturated rings. The minimum atomic E-state index is -0.960. The molecule has 6 nitrogen and oxygen atoms in total. The van der Waals surface area contributed by atoms with Gasteiger partial charge in [0.2, 0.25) is 5.88 Å². The lowest BCUT2D eigenvalue weighted by atomic mass is 9.84. The number of ether oxygens (including phenoxy) is 1. The monoisotopic (exact) mass is 566 g/mol. The number of rotatable bonds is 6. The van der Waals surface area contributed by atoms with Crippen molar-refractivity contribution in [3.05, 3.63) is 118 Å². The van der Waals surface area contributed by atoms with Gasteiger partial charge in [-0.05, 0) is 77.9 Å². The van der Waals surface area contributed by atoms with Crippen molar-refractivity contribution in [2.75, 3.05) is 19.6 Å². The molecule has 0 radical (unpaired) electrons. The summed E-state index contributed by atoms with van der Waals surface area (Å²) >= 11 is 6.04. The molecule has 2 aliphatic heterocycles. The highest BCUT2D eigenvalue weighted by Gasteiger charge is 2.33. The zero-order valence-electron chi connectivity index (χ0n) is 22.6. The molecule has 3 aromatic carbocycles. The number of halogens is 1. The fourth-order valence-corrected chi connectivity index (χ4v) is 6.03. The number of hydrogen-bond donors (Lipinski definition) is 2. The zero-order valence-corrected chi connectivity index (χ0v) is 23.3. The van der Waals surface area contributed by atoms with Crippen LogP contribution in [-0.2, 0) is 12.0 Å². The van der Waals surface area contributed by atoms with Gasteiger partial charge in [-0.1, -0.05) is 60.1 Å². The van der Waals surface area contributed by atoms with Crippen LogP contribution in [0, 0.1) is 0 Å². The van der Waals surface area contributed by atoms with Crippen LogP contribution in [0.4, 0.5) is 0 Å². The van der Waals surface area contributed by atoms with Crippen LogP contribution in [0.3, 0.4) is 0 Å². The SMILES string of the molecule is O=C(O)c1ccccc1-c1cccc2c1CC(=CCCN1CCC(O)(c3ccc(Cl)cc3)CC1)c1cccnc1O2. The molecule has 2 aliphatic rings. The van der Waals surface area contributed by atoms with Crippen LogP contribution in [0.2, 0.25) is 5.02 Å². The van der Waals surface area contributed by atoms with Crippen LogP contribution >= 0.6 is 11.6 Å². The Balaban J connectivity index is 1.23. The molecule has 7 heteroatoms. The van der Waals surface area contributed by atoms with Gasteiger partial charge in [0.25, 0.3) is 0 Å². The first-order valence-corrected chi connectivity index (χ1v) is 14.3. The maximum atomic E-state index is 12.0. The fraction of sp³-hybridized carbons (Fsp3) is 0.235. The molecule has 6 rings (SSSR count). The maximum absolute atomic E-state index is 12.0. The molecule has 4 aromatic rings. The van der Waals surface area contributed by atoms with Gasteiger partial charge in [-0.15, -0.1) is 0 Å². The normalized spacial score (nSPS) is 17.3. The van der Waals surface area contributed by atoms with E-state index in [0.29, 0.717) is 41.5 Å². The maximum Gasteiger partial charge on any atom is 0.336 e. The van der Waals surface area contributed by atoms with Gasteiger partial charge in [-0.3, -0.25) is 0 Å². The number of allylic oxidation sites excluding steroid dienone is 1. The quantitative estimate of drug-likeness (QED) is 0.257. The van der Waals surface area contributed by atoms with E-state index in [4.69, 9.17) is 16.3 Å². The summed E-state index contributed by atoms with van der Waals surface area (Å²) in [6.07, 6.45) is 6.73. The third-order valence-electron chi connectivity index (χ3n) is 8.17. The number of carboxylic acids is 1. The number of carboxylic acid groups (broad SMARTS) is 1. The van der Waals surface area contributed by atoms with Crippen LogP contribution < -0.4 is 4.74 Å². The topological polar surface area (TPSA) is 82.9 Å². The number of aromatic carboxylic acids is 1. The summed E-state index contributed by atoms with van der Waals surface area (Å²) < 4.78 is 6.32. The number of fused-ring (bicyclic) bond motifs is 2. The number of aromatic nitrogens is 1. The van der Waals surface area contributed by atoms with Crippen molar-refractivity contribution in [3.63, 3.8) is 0 Å². The van der Waals surface area contributed by atoms with Crippen molar-refractivity contribution in [1.29, 1.82) is 0 Å². The molecule has 41 heavy (non-hydrogen) atoms. The Kier molecular flexibility index (Phi) is 7.63. The molecule has 0 bridgehead atoms. The number of piperidine rings is 1. The van der Waals surface area contributed by atoms with Crippen LogP contribution in [0.15, 0.2) is 91.1 Å². The highest BCUT2D eigenvalue weighted by molar-refractivity contribution is 6.30. The first-order valence-electron chi connectivity index (χ1n) is 13.9. The van der Waals surface area contributed by atoms with Gasteiger partial charge < -0.3 is 19.8 Å². The minimum absolute atomic E-state index is 0.259. The van der Waals surface area contributed by atoms with Gasteiger partial charge in [0.15, 0.2) is 0 Å². The number of carbonyl (C=O) groups is 1. The van der Waals surface area contributed by atoms with Crippen molar-refractivity contribution >= 4 is 23.1 Å². The second-order valence-electron chi connectivity index (χ2n) is 10.7. The van der Waals surface area contributed by atoms with Crippen molar-refractivity contribution in [3.8, 4) is 22.8 Å². The van der Waals surface area contributed by atoms with Gasteiger partial charge in [-0.25, -0.2) is 9.78 Å². The van der Waals surface area contributed by atoms with Gasteiger partial charge in [0.1, 0.15) is 5.75 Å². The lowest BCUT2D eigenvalue weighted by Crippen LogP contribution is -2.42. The Bertz CT molecular complexity index is 1610. The van der Waals surface area contributed by atoms with E-state index in [1.807, 2.05) is 66.7 Å². The molecule has 2 N–H and O–H groups in total. The second kappa shape index (κ2) is 11.5. The molecule has 0 atom stereocenters. The number of aliphatic hydroxyl groups is 1. The average Bonchev–Trinajstić information content (AvgIpc) is 3.15. The molecule has 3 heterocycles. The molecular formula is C34H31ClN2O4. The number of nitrogens with zero attached hydrogens (tertiary/aromatic N) is 2. The van der Waals surface area contributed by atoms with E-state index >= 15 is 0 Å². The van der Waals surface area contributed by atoms with Crippen LogP contribution in [0.1, 0.15) is 46.3 Å². The van der Waals surface area contributed by atoms with Crippen molar-refractivity contribution < 1.29 is 19.7 Å². The minimum Gasteiger partial charge on any atom is -0.478 e. The van der Waals surface area contributed by atoms with E-state index in [9.17, 15) is 15.0 Å². The summed E-state index contributed by atoms with van der Waals surface area (Å²) in [5.74, 6) is 0.272. The first kappa shape index (κ1) is 27.2. The van der Waals surface area contributed by atoms with E-state index in [0.717, 1.165) is 53.9 Å². The van der Waals surface area contributed by atoms with Crippen molar-refractivity contribution in [1.82, 2.24) is 9.88 Å². The van der Waals surface area contributed by atoms with Gasteiger partial charge in [0.05, 0.1) is 11.2 Å². The van der Waals surface area contributed by atoms with E-state index < -0.39 is 11.6 Å². The summed E-state index contributed by atoms with van der Waals surface area (Å²) in [5.41, 5.74) is 4.85. The zero-order chi connectivity index (χ0) is 28.4. The molecule has 0 aliphatic carbocycles. The standard InChI is InChI=1S/C34H31ClN2O4/c35-25-14-12-24(13-15-25)34(40)16-20-37(21-17-34)19-5-6-23-22-30-28(27-7-1-2-8-29(27)33(38)39)9-3-11-31(30)41-32-26(23)10-4-18-36-32/h1-4,6-15,18,40H,5,16-17,19-22H2,(H,38,39). The Morgan fingerprint density at radius 3 is 2.46 bits per heavy atom. The van der Waals surface area contributed by atoms with Crippen LogP contribution in [0.5, 0.6) is 11.6 Å². The molecule has 0 spiro atoms. The summed E-state index contributed by atoms with van der Waals surface area (Å²) in [5, 5.41) is 21.8. The number of likely N-dealkylation sites (tertiary alicyclic amines) is 1. The lowest BCUT2D eigenvalue weighted by molar-refractivity contribution is -0.0254. The molecule has 1 saturated heterocycles. The van der Waals surface area contributed by atoms with E-state index in [1.54, 1.807) is 18.3 Å². The number of benzene rings is 3. The molecule has 1 aromatic heterocycles. The number of hydrogen-bond acceptors (Lipinski definition) is 5. The van der Waals surface area contributed by atoms with Crippen LogP contribution in [-0.4, -0.2) is 45.7 Å². The molecule has 0 unspecified atom stereocenters. The summed E-state index contributed by atoms with van der Waals surface area (Å²) in [6, 6.07) is 24.3. The van der Waals surface area contributed by atoms with E-state index in [2.05, 4.69) is 16.0 Å². The Morgan fingerprint density at radius 2 is 1.68 bits per heavy atom. The van der Waals surface area contributed by atoms with Gasteiger partial charge in [-0.2, -0.15) is 0 Å². The average molecular weight is 567 g/mol. The smallest absolute Gasteiger partial charge is 0.336 e. The third kappa shape index (κ3) is 5.64. The molecular weight excluding hydrogens is 536 g/mol. The molecule has 208 valence electrons. The Labute approximate surface area is 244 Å².